The van der Waals surface area contributed by atoms with Gasteiger partial charge in [0.05, 0.1) is 0 Å². The van der Waals surface area contributed by atoms with Crippen LogP contribution in [0, 0.1) is 5.92 Å². The maximum absolute atomic E-state index is 6.21. The molecule has 110 valence electrons. The van der Waals surface area contributed by atoms with Crippen molar-refractivity contribution in [2.24, 2.45) is 11.7 Å². The molecule has 0 aromatic carbocycles. The van der Waals surface area contributed by atoms with Crippen molar-refractivity contribution in [3.05, 3.63) is 0 Å². The van der Waals surface area contributed by atoms with Crippen molar-refractivity contribution in [2.75, 3.05) is 32.7 Å². The summed E-state index contributed by atoms with van der Waals surface area (Å²) >= 11 is 0. The summed E-state index contributed by atoms with van der Waals surface area (Å²) < 4.78 is 0. The monoisotopic (exact) mass is 265 g/mol. The van der Waals surface area contributed by atoms with Crippen molar-refractivity contribution in [3.8, 4) is 0 Å². The summed E-state index contributed by atoms with van der Waals surface area (Å²) in [7, 11) is 0. The summed E-state index contributed by atoms with van der Waals surface area (Å²) in [6.07, 6.45) is 11.1. The molecule has 0 aromatic rings. The van der Waals surface area contributed by atoms with Crippen molar-refractivity contribution in [1.82, 2.24) is 9.80 Å². The number of hydrogen-bond acceptors (Lipinski definition) is 3. The number of nitrogens with zero attached hydrogens (tertiary/aromatic N) is 2. The van der Waals surface area contributed by atoms with Gasteiger partial charge in [-0.2, -0.15) is 0 Å². The maximum atomic E-state index is 6.21. The van der Waals surface area contributed by atoms with Gasteiger partial charge >= 0.3 is 0 Å². The molecule has 2 aliphatic heterocycles. The minimum absolute atomic E-state index is 0.486. The van der Waals surface area contributed by atoms with Crippen LogP contribution in [-0.2, 0) is 0 Å². The lowest BCUT2D eigenvalue weighted by molar-refractivity contribution is 0.0845. The standard InChI is InChI=1S/C16H31N3/c17-16-6-4-5-14(16)13-18-11-7-15(8-12-18)19-9-2-1-3-10-19/h14-16H,1-13,17H2. The lowest BCUT2D eigenvalue weighted by atomic mass is 9.97. The van der Waals surface area contributed by atoms with Crippen molar-refractivity contribution >= 4 is 0 Å². The van der Waals surface area contributed by atoms with E-state index >= 15 is 0 Å². The van der Waals surface area contributed by atoms with Gasteiger partial charge in [0.1, 0.15) is 0 Å². The highest BCUT2D eigenvalue weighted by molar-refractivity contribution is 4.86. The van der Waals surface area contributed by atoms with Crippen LogP contribution in [0.5, 0.6) is 0 Å². The van der Waals surface area contributed by atoms with Crippen LogP contribution < -0.4 is 5.73 Å². The SMILES string of the molecule is NC1CCCC1CN1CCC(N2CCCCC2)CC1. The fourth-order valence-electron chi connectivity index (χ4n) is 4.37. The molecule has 0 amide bonds. The Morgan fingerprint density at radius 2 is 1.53 bits per heavy atom. The molecule has 2 N–H and O–H groups in total. The van der Waals surface area contributed by atoms with Crippen molar-refractivity contribution in [1.29, 1.82) is 0 Å². The second kappa shape index (κ2) is 6.55. The third-order valence-electron chi connectivity index (χ3n) is 5.67. The first-order valence-corrected chi connectivity index (χ1v) is 8.55. The van der Waals surface area contributed by atoms with Crippen LogP contribution in [0.3, 0.4) is 0 Å². The predicted octanol–water partition coefficient (Wildman–Crippen LogP) is 2.06. The highest BCUT2D eigenvalue weighted by Gasteiger charge is 2.29. The van der Waals surface area contributed by atoms with E-state index in [0.29, 0.717) is 6.04 Å². The van der Waals surface area contributed by atoms with E-state index in [1.165, 1.54) is 84.1 Å². The van der Waals surface area contributed by atoms with E-state index < -0.39 is 0 Å². The molecule has 3 heteroatoms. The molecule has 2 saturated heterocycles. The van der Waals surface area contributed by atoms with Crippen LogP contribution in [-0.4, -0.2) is 54.6 Å². The average Bonchev–Trinajstić information content (AvgIpc) is 2.86. The van der Waals surface area contributed by atoms with Crippen LogP contribution in [0.2, 0.25) is 0 Å². The number of hydrogen-bond donors (Lipinski definition) is 1. The van der Waals surface area contributed by atoms with Gasteiger partial charge in [-0.3, -0.25) is 0 Å². The lowest BCUT2D eigenvalue weighted by Crippen LogP contribution is -2.48. The van der Waals surface area contributed by atoms with Gasteiger partial charge in [0.25, 0.3) is 0 Å². The van der Waals surface area contributed by atoms with Gasteiger partial charge in [-0.15, -0.1) is 0 Å². The van der Waals surface area contributed by atoms with Crippen LogP contribution in [0.4, 0.5) is 0 Å². The molecule has 3 aliphatic rings. The first-order valence-electron chi connectivity index (χ1n) is 8.55. The summed E-state index contributed by atoms with van der Waals surface area (Å²) in [5, 5.41) is 0. The molecular weight excluding hydrogens is 234 g/mol. The largest absolute Gasteiger partial charge is 0.327 e. The minimum atomic E-state index is 0.486. The molecule has 1 aliphatic carbocycles. The molecule has 2 heterocycles. The van der Waals surface area contributed by atoms with E-state index in [1.807, 2.05) is 0 Å². The highest BCUT2D eigenvalue weighted by atomic mass is 15.2. The smallest absolute Gasteiger partial charge is 0.0120 e. The van der Waals surface area contributed by atoms with Crippen LogP contribution in [0.15, 0.2) is 0 Å². The normalized spacial score (nSPS) is 35.8. The van der Waals surface area contributed by atoms with Crippen molar-refractivity contribution < 1.29 is 0 Å². The maximum Gasteiger partial charge on any atom is 0.0120 e. The second-order valence-corrected chi connectivity index (χ2v) is 6.98. The first-order chi connectivity index (χ1) is 9.33. The molecule has 2 atom stereocenters. The van der Waals surface area contributed by atoms with Crippen LogP contribution in [0.1, 0.15) is 51.4 Å². The highest BCUT2D eigenvalue weighted by Crippen LogP contribution is 2.27. The predicted molar refractivity (Wildman–Crippen MR) is 80.2 cm³/mol. The Morgan fingerprint density at radius 3 is 2.16 bits per heavy atom. The van der Waals surface area contributed by atoms with Gasteiger partial charge < -0.3 is 15.5 Å². The molecule has 2 unspecified atom stereocenters. The number of likely N-dealkylation sites (tertiary alicyclic amines) is 2. The average molecular weight is 265 g/mol. The zero-order valence-electron chi connectivity index (χ0n) is 12.4. The van der Waals surface area contributed by atoms with Crippen molar-refractivity contribution in [2.45, 2.75) is 63.5 Å². The Balaban J connectivity index is 1.41. The van der Waals surface area contributed by atoms with E-state index in [-0.39, 0.29) is 0 Å². The van der Waals surface area contributed by atoms with Gasteiger partial charge in [0.2, 0.25) is 0 Å². The minimum Gasteiger partial charge on any atom is -0.327 e. The number of nitrogens with two attached hydrogens (primary N) is 1. The summed E-state index contributed by atoms with van der Waals surface area (Å²) in [4.78, 5) is 5.46. The molecule has 19 heavy (non-hydrogen) atoms. The number of piperidine rings is 2. The van der Waals surface area contributed by atoms with Gasteiger partial charge in [-0.1, -0.05) is 12.8 Å². The Labute approximate surface area is 118 Å². The molecule has 0 aromatic heterocycles. The van der Waals surface area contributed by atoms with Gasteiger partial charge in [-0.25, -0.2) is 0 Å². The third kappa shape index (κ3) is 3.50. The van der Waals surface area contributed by atoms with E-state index in [4.69, 9.17) is 5.73 Å². The Morgan fingerprint density at radius 1 is 0.789 bits per heavy atom. The van der Waals surface area contributed by atoms with Crippen LogP contribution >= 0.6 is 0 Å². The van der Waals surface area contributed by atoms with Crippen LogP contribution in [0.25, 0.3) is 0 Å². The molecule has 0 bridgehead atoms. The summed E-state index contributed by atoms with van der Waals surface area (Å²) in [5.74, 6) is 0.784. The Bertz CT molecular complexity index is 267. The van der Waals surface area contributed by atoms with E-state index in [9.17, 15) is 0 Å². The Hall–Kier alpha value is -0.120. The zero-order chi connectivity index (χ0) is 13.1. The summed E-state index contributed by atoms with van der Waals surface area (Å²) in [6, 6.07) is 1.37. The topological polar surface area (TPSA) is 32.5 Å². The molecule has 3 nitrogen and oxygen atoms in total. The number of rotatable bonds is 3. The Kier molecular flexibility index (Phi) is 4.78. The van der Waals surface area contributed by atoms with E-state index in [1.54, 1.807) is 0 Å². The fraction of sp³-hybridized carbons (Fsp3) is 1.00. The lowest BCUT2D eigenvalue weighted by Gasteiger charge is -2.41. The summed E-state index contributed by atoms with van der Waals surface area (Å²) in [5.41, 5.74) is 6.21. The third-order valence-corrected chi connectivity index (χ3v) is 5.67. The zero-order valence-corrected chi connectivity index (χ0v) is 12.4. The summed E-state index contributed by atoms with van der Waals surface area (Å²) in [6.45, 7) is 6.61. The van der Waals surface area contributed by atoms with Gasteiger partial charge in [0.15, 0.2) is 0 Å². The molecule has 3 fully saturated rings. The molecule has 0 radical (unpaired) electrons. The van der Waals surface area contributed by atoms with Gasteiger partial charge in [0, 0.05) is 18.6 Å². The molecule has 1 saturated carbocycles. The molecule has 3 rings (SSSR count). The first kappa shape index (κ1) is 13.8. The molecule has 0 spiro atoms. The molecular formula is C16H31N3. The fourth-order valence-corrected chi connectivity index (χ4v) is 4.37. The van der Waals surface area contributed by atoms with Crippen molar-refractivity contribution in [3.63, 3.8) is 0 Å². The quantitative estimate of drug-likeness (QED) is 0.848. The van der Waals surface area contributed by atoms with E-state index in [2.05, 4.69) is 9.80 Å². The second-order valence-electron chi connectivity index (χ2n) is 6.98. The van der Waals surface area contributed by atoms with E-state index in [0.717, 1.165) is 12.0 Å². The van der Waals surface area contributed by atoms with Gasteiger partial charge in [-0.05, 0) is 70.6 Å².